The third kappa shape index (κ3) is 2.20. The first-order valence-corrected chi connectivity index (χ1v) is 10.1. The van der Waals surface area contributed by atoms with Gasteiger partial charge < -0.3 is 14.6 Å². The van der Waals surface area contributed by atoms with E-state index < -0.39 is 11.6 Å². The largest absolute Gasteiger partial charge is 0.460 e. The zero-order valence-electron chi connectivity index (χ0n) is 13.0. The Morgan fingerprint density at radius 3 is 2.17 bits per heavy atom. The van der Waals surface area contributed by atoms with Crippen LogP contribution in [0.4, 0.5) is 0 Å². The molecule has 0 spiro atoms. The number of carbonyl (C=O) groups excluding carboxylic acids is 1. The molecule has 2 saturated carbocycles. The van der Waals surface area contributed by atoms with Crippen LogP contribution in [-0.2, 0) is 19.9 Å². The van der Waals surface area contributed by atoms with Crippen molar-refractivity contribution in [1.82, 2.24) is 0 Å². The quantitative estimate of drug-likeness (QED) is 0.670. The highest BCUT2D eigenvalue weighted by molar-refractivity contribution is 7.12. The molecule has 5 rings (SSSR count). The van der Waals surface area contributed by atoms with Gasteiger partial charge in [-0.15, -0.1) is 22.7 Å². The molecule has 3 heterocycles. The number of rotatable bonds is 4. The molecule has 3 aliphatic rings. The third-order valence-corrected chi connectivity index (χ3v) is 7.51. The van der Waals surface area contributed by atoms with Gasteiger partial charge >= 0.3 is 5.97 Å². The summed E-state index contributed by atoms with van der Waals surface area (Å²) in [6.45, 7) is 0. The predicted molar refractivity (Wildman–Crippen MR) is 91.0 cm³/mol. The summed E-state index contributed by atoms with van der Waals surface area (Å²) in [5.74, 6) is 0.486. The summed E-state index contributed by atoms with van der Waals surface area (Å²) < 4.78 is 11.5. The molecule has 126 valence electrons. The Morgan fingerprint density at radius 1 is 1.08 bits per heavy atom. The number of thiophene rings is 2. The van der Waals surface area contributed by atoms with E-state index in [0.717, 1.165) is 12.8 Å². The molecule has 0 aromatic carbocycles. The molecule has 2 bridgehead atoms. The molecular formula is C18H18O4S2. The monoisotopic (exact) mass is 362 g/mol. The number of carbonyl (C=O) groups is 1. The van der Waals surface area contributed by atoms with Gasteiger partial charge in [-0.25, -0.2) is 4.79 Å². The van der Waals surface area contributed by atoms with Crippen LogP contribution in [0.1, 0.15) is 29.0 Å². The van der Waals surface area contributed by atoms with Crippen molar-refractivity contribution in [3.05, 3.63) is 44.8 Å². The van der Waals surface area contributed by atoms with Gasteiger partial charge in [-0.3, -0.25) is 0 Å². The summed E-state index contributed by atoms with van der Waals surface area (Å²) in [5.41, 5.74) is -1.70. The smallest absolute Gasteiger partial charge is 0.349 e. The molecule has 2 aromatic heterocycles. The summed E-state index contributed by atoms with van der Waals surface area (Å²) in [6.07, 6.45) is 3.59. The number of fused-ring (bicyclic) bond motifs is 5. The molecule has 1 saturated heterocycles. The molecule has 2 aliphatic carbocycles. The van der Waals surface area contributed by atoms with Gasteiger partial charge in [0.15, 0.2) is 0 Å². The van der Waals surface area contributed by atoms with Crippen LogP contribution in [-0.4, -0.2) is 29.4 Å². The lowest BCUT2D eigenvalue weighted by Crippen LogP contribution is -2.40. The van der Waals surface area contributed by atoms with Crippen molar-refractivity contribution in [2.45, 2.75) is 43.2 Å². The fourth-order valence-corrected chi connectivity index (χ4v) is 6.12. The van der Waals surface area contributed by atoms with Gasteiger partial charge in [0, 0.05) is 0 Å². The summed E-state index contributed by atoms with van der Waals surface area (Å²) >= 11 is 2.75. The van der Waals surface area contributed by atoms with Gasteiger partial charge in [-0.1, -0.05) is 12.1 Å². The maximum Gasteiger partial charge on any atom is 0.349 e. The number of esters is 1. The second-order valence-electron chi connectivity index (χ2n) is 6.98. The highest BCUT2D eigenvalue weighted by atomic mass is 32.1. The third-order valence-electron chi connectivity index (χ3n) is 5.55. The van der Waals surface area contributed by atoms with Crippen molar-refractivity contribution in [3.63, 3.8) is 0 Å². The van der Waals surface area contributed by atoms with Crippen molar-refractivity contribution in [1.29, 1.82) is 0 Å². The fourth-order valence-electron chi connectivity index (χ4n) is 4.41. The van der Waals surface area contributed by atoms with Crippen LogP contribution in [0.5, 0.6) is 0 Å². The molecular weight excluding hydrogens is 344 g/mol. The number of hydrogen-bond donors (Lipinski definition) is 1. The summed E-state index contributed by atoms with van der Waals surface area (Å²) in [6, 6.07) is 7.27. The Hall–Kier alpha value is -1.21. The molecule has 6 heteroatoms. The minimum atomic E-state index is -1.70. The lowest BCUT2D eigenvalue weighted by molar-refractivity contribution is -0.170. The highest BCUT2D eigenvalue weighted by Crippen LogP contribution is 2.54. The second-order valence-corrected chi connectivity index (χ2v) is 8.88. The maximum atomic E-state index is 13.0. The van der Waals surface area contributed by atoms with Crippen molar-refractivity contribution < 1.29 is 19.4 Å². The second kappa shape index (κ2) is 5.39. The van der Waals surface area contributed by atoms with E-state index in [1.807, 2.05) is 22.9 Å². The zero-order chi connectivity index (χ0) is 16.3. The van der Waals surface area contributed by atoms with Crippen LogP contribution in [0.25, 0.3) is 0 Å². The van der Waals surface area contributed by atoms with Crippen LogP contribution < -0.4 is 0 Å². The molecule has 1 unspecified atom stereocenters. The Bertz CT molecular complexity index is 689. The minimum absolute atomic E-state index is 0.107. The Kier molecular flexibility index (Phi) is 3.39. The number of epoxide rings is 1. The predicted octanol–water partition coefficient (Wildman–Crippen LogP) is 3.15. The first-order valence-electron chi connectivity index (χ1n) is 8.33. The van der Waals surface area contributed by atoms with Gasteiger partial charge in [0.1, 0.15) is 6.10 Å². The lowest BCUT2D eigenvalue weighted by atomic mass is 9.85. The van der Waals surface area contributed by atoms with Crippen molar-refractivity contribution in [2.24, 2.45) is 11.8 Å². The van der Waals surface area contributed by atoms with Crippen LogP contribution in [0.2, 0.25) is 0 Å². The van der Waals surface area contributed by atoms with Crippen molar-refractivity contribution >= 4 is 28.6 Å². The highest BCUT2D eigenvalue weighted by Gasteiger charge is 2.60. The van der Waals surface area contributed by atoms with Gasteiger partial charge in [-0.2, -0.15) is 0 Å². The van der Waals surface area contributed by atoms with Gasteiger partial charge in [-0.05, 0) is 54.0 Å². The maximum absolute atomic E-state index is 13.0. The van der Waals surface area contributed by atoms with E-state index in [4.69, 9.17) is 9.47 Å². The average molecular weight is 362 g/mol. The molecule has 0 radical (unpaired) electrons. The van der Waals surface area contributed by atoms with Crippen LogP contribution >= 0.6 is 22.7 Å². The molecule has 2 aromatic rings. The number of aliphatic hydroxyl groups is 1. The first kappa shape index (κ1) is 15.1. The summed E-state index contributed by atoms with van der Waals surface area (Å²) in [4.78, 5) is 14.2. The summed E-state index contributed by atoms with van der Waals surface area (Å²) in [7, 11) is 0. The van der Waals surface area contributed by atoms with E-state index in [1.54, 1.807) is 12.1 Å². The van der Waals surface area contributed by atoms with Crippen molar-refractivity contribution in [2.75, 3.05) is 0 Å². The molecule has 0 amide bonds. The van der Waals surface area contributed by atoms with Gasteiger partial charge in [0.25, 0.3) is 0 Å². The normalized spacial score (nSPS) is 34.0. The fraction of sp³-hybridized carbons (Fsp3) is 0.500. The molecule has 3 fully saturated rings. The topological polar surface area (TPSA) is 59.1 Å². The summed E-state index contributed by atoms with van der Waals surface area (Å²) in [5, 5.41) is 15.0. The van der Waals surface area contributed by atoms with Gasteiger partial charge in [0.2, 0.25) is 5.60 Å². The van der Waals surface area contributed by atoms with Crippen LogP contribution in [0.3, 0.4) is 0 Å². The van der Waals surface area contributed by atoms with E-state index in [1.165, 1.54) is 29.1 Å². The van der Waals surface area contributed by atoms with E-state index >= 15 is 0 Å². The van der Waals surface area contributed by atoms with Crippen LogP contribution in [0, 0.1) is 11.8 Å². The van der Waals surface area contributed by atoms with E-state index in [9.17, 15) is 9.90 Å². The number of hydrogen-bond acceptors (Lipinski definition) is 6. The SMILES string of the molecule is O=C(OC1C[C@H]2C[C@@H](C1)[C@@H]1O[C@H]21)C(O)(c1cccs1)c1cccs1. The zero-order valence-corrected chi connectivity index (χ0v) is 14.6. The van der Waals surface area contributed by atoms with Gasteiger partial charge in [0.05, 0.1) is 22.0 Å². The first-order chi connectivity index (χ1) is 11.7. The molecule has 1 N–H and O–H groups in total. The molecule has 1 aliphatic heterocycles. The van der Waals surface area contributed by atoms with E-state index in [0.29, 0.717) is 33.8 Å². The lowest BCUT2D eigenvalue weighted by Gasteiger charge is -2.32. The van der Waals surface area contributed by atoms with E-state index in [-0.39, 0.29) is 6.10 Å². The Balaban J connectivity index is 1.39. The standard InChI is InChI=1S/C18H18O4S2/c19-17(21-12-8-10-7-11(9-12)16-15(10)22-16)18(20,13-3-1-5-23-13)14-4-2-6-24-14/h1-6,10-12,15-16,20H,7-9H2/t10-,11+,12?,15-,16+. The average Bonchev–Trinajstić information content (AvgIpc) is 2.99. The Labute approximate surface area is 148 Å². The molecule has 24 heavy (non-hydrogen) atoms. The van der Waals surface area contributed by atoms with Crippen LogP contribution in [0.15, 0.2) is 35.0 Å². The molecule has 4 nitrogen and oxygen atoms in total. The number of ether oxygens (including phenoxy) is 2. The Morgan fingerprint density at radius 2 is 1.67 bits per heavy atom. The van der Waals surface area contributed by atoms with Crippen molar-refractivity contribution in [3.8, 4) is 0 Å². The minimum Gasteiger partial charge on any atom is -0.460 e. The molecule has 5 atom stereocenters. The van der Waals surface area contributed by atoms with E-state index in [2.05, 4.69) is 0 Å².